The third-order valence-electron chi connectivity index (χ3n) is 5.46. The van der Waals surface area contributed by atoms with Gasteiger partial charge < -0.3 is 25.2 Å². The van der Waals surface area contributed by atoms with E-state index in [0.717, 1.165) is 0 Å². The molecule has 0 radical (unpaired) electrons. The fourth-order valence-corrected chi connectivity index (χ4v) is 3.31. The average molecular weight is 360 g/mol. The van der Waals surface area contributed by atoms with Gasteiger partial charge in [-0.1, -0.05) is 41.5 Å². The molecule has 0 aromatic carbocycles. The lowest BCUT2D eigenvalue weighted by Gasteiger charge is -2.32. The van der Waals surface area contributed by atoms with Crippen molar-refractivity contribution in [3.63, 3.8) is 0 Å². The van der Waals surface area contributed by atoms with Crippen molar-refractivity contribution in [1.29, 1.82) is 0 Å². The normalized spacial score (nSPS) is 22.8. The number of hydrogen-bond acceptors (Lipinski definition) is 6. The maximum absolute atomic E-state index is 12.5. The first kappa shape index (κ1) is 24.2. The summed E-state index contributed by atoms with van der Waals surface area (Å²) < 4.78 is 0. The van der Waals surface area contributed by atoms with E-state index in [9.17, 15) is 24.9 Å². The molecule has 0 saturated carbocycles. The van der Waals surface area contributed by atoms with Crippen molar-refractivity contribution in [2.24, 2.45) is 35.5 Å². The van der Waals surface area contributed by atoms with E-state index in [2.05, 4.69) is 0 Å². The summed E-state index contributed by atoms with van der Waals surface area (Å²) in [5.74, 6) is -2.76. The van der Waals surface area contributed by atoms with Gasteiger partial charge in [0, 0.05) is 36.2 Å². The van der Waals surface area contributed by atoms with Gasteiger partial charge in [0.25, 0.3) is 0 Å². The molecule has 0 aliphatic heterocycles. The maximum atomic E-state index is 12.5. The molecule has 0 aliphatic carbocycles. The predicted octanol–water partition coefficient (Wildman–Crippen LogP) is 1.04. The second-order valence-corrected chi connectivity index (χ2v) is 7.79. The van der Waals surface area contributed by atoms with Crippen LogP contribution in [0.2, 0.25) is 0 Å². The number of hydrogen-bond donors (Lipinski definition) is 4. The number of aliphatic hydroxyl groups is 4. The summed E-state index contributed by atoms with van der Waals surface area (Å²) in [5.41, 5.74) is 0. The largest absolute Gasteiger partial charge is 0.396 e. The van der Waals surface area contributed by atoms with Crippen molar-refractivity contribution in [3.8, 4) is 0 Å². The lowest BCUT2D eigenvalue weighted by molar-refractivity contribution is -0.131. The number of aliphatic hydroxyl groups excluding tert-OH is 4. The van der Waals surface area contributed by atoms with Crippen LogP contribution in [0, 0.1) is 35.5 Å². The van der Waals surface area contributed by atoms with Crippen LogP contribution in [0.15, 0.2) is 0 Å². The number of ketones is 1. The Labute approximate surface area is 151 Å². The molecule has 0 aromatic rings. The molecule has 0 heterocycles. The van der Waals surface area contributed by atoms with Crippen LogP contribution in [0.1, 0.15) is 48.0 Å². The summed E-state index contributed by atoms with van der Waals surface area (Å²) in [6.07, 6.45) is -1.61. The quantitative estimate of drug-likeness (QED) is 0.387. The molecule has 0 unspecified atom stereocenters. The molecule has 0 aromatic heterocycles. The molecule has 0 bridgehead atoms. The van der Waals surface area contributed by atoms with Crippen molar-refractivity contribution < 1.29 is 30.0 Å². The van der Waals surface area contributed by atoms with Crippen molar-refractivity contribution in [1.82, 2.24) is 0 Å². The molecule has 148 valence electrons. The third-order valence-corrected chi connectivity index (χ3v) is 5.46. The molecule has 6 heteroatoms. The van der Waals surface area contributed by atoms with E-state index in [4.69, 9.17) is 5.11 Å². The topological polar surface area (TPSA) is 115 Å². The van der Waals surface area contributed by atoms with Crippen LogP contribution in [0.5, 0.6) is 0 Å². The highest BCUT2D eigenvalue weighted by Crippen LogP contribution is 2.27. The first-order chi connectivity index (χ1) is 11.5. The highest BCUT2D eigenvalue weighted by Gasteiger charge is 2.34. The van der Waals surface area contributed by atoms with Crippen LogP contribution in [0.4, 0.5) is 0 Å². The number of aldehydes is 1. The van der Waals surface area contributed by atoms with Crippen LogP contribution in [-0.2, 0) is 9.59 Å². The molecular weight excluding hydrogens is 324 g/mol. The van der Waals surface area contributed by atoms with Crippen LogP contribution < -0.4 is 0 Å². The highest BCUT2D eigenvalue weighted by molar-refractivity contribution is 5.83. The fourth-order valence-electron chi connectivity index (χ4n) is 3.31. The minimum absolute atomic E-state index is 0.110. The first-order valence-corrected chi connectivity index (χ1v) is 9.13. The zero-order chi connectivity index (χ0) is 19.9. The molecule has 0 saturated heterocycles. The van der Waals surface area contributed by atoms with Gasteiger partial charge in [0.1, 0.15) is 12.1 Å². The van der Waals surface area contributed by atoms with Crippen molar-refractivity contribution in [3.05, 3.63) is 0 Å². The number of carbonyl (C=O) groups is 2. The number of carbonyl (C=O) groups excluding carboxylic acids is 2. The summed E-state index contributed by atoms with van der Waals surface area (Å²) in [6, 6.07) is 0. The molecule has 0 aliphatic rings. The van der Waals surface area contributed by atoms with Gasteiger partial charge >= 0.3 is 0 Å². The Bertz CT molecular complexity index is 413. The van der Waals surface area contributed by atoms with E-state index in [1.165, 1.54) is 0 Å². The molecule has 0 amide bonds. The van der Waals surface area contributed by atoms with Gasteiger partial charge in [0.15, 0.2) is 0 Å². The van der Waals surface area contributed by atoms with Gasteiger partial charge in [0.05, 0.1) is 18.3 Å². The SMILES string of the molecule is C[C@H]([C@@H](O)[C@@H](C)C[C@@H](C)C(=O)[C@H](C)[C@@H](O)[C@@H](C)CO)[C@H](O)[C@@H](C)C=O. The van der Waals surface area contributed by atoms with E-state index in [-0.39, 0.29) is 30.1 Å². The van der Waals surface area contributed by atoms with Crippen LogP contribution in [0.25, 0.3) is 0 Å². The summed E-state index contributed by atoms with van der Waals surface area (Å²) >= 11 is 0. The Morgan fingerprint density at radius 2 is 1.40 bits per heavy atom. The van der Waals surface area contributed by atoms with Gasteiger partial charge in [-0.3, -0.25) is 4.79 Å². The maximum Gasteiger partial charge on any atom is 0.141 e. The average Bonchev–Trinajstić information content (AvgIpc) is 2.62. The van der Waals surface area contributed by atoms with Gasteiger partial charge in [0.2, 0.25) is 0 Å². The fraction of sp³-hybridized carbons (Fsp3) is 0.895. The Kier molecular flexibility index (Phi) is 10.7. The Balaban J connectivity index is 4.79. The monoisotopic (exact) mass is 360 g/mol. The molecule has 0 rings (SSSR count). The molecule has 0 spiro atoms. The Morgan fingerprint density at radius 1 is 0.880 bits per heavy atom. The van der Waals surface area contributed by atoms with Crippen LogP contribution in [-0.4, -0.2) is 57.4 Å². The Morgan fingerprint density at radius 3 is 1.84 bits per heavy atom. The number of Topliss-reactive ketones (excluding diaryl/α,β-unsaturated/α-hetero) is 1. The lowest BCUT2D eigenvalue weighted by atomic mass is 9.78. The summed E-state index contributed by atoms with van der Waals surface area (Å²) in [6.45, 7) is 10.00. The lowest BCUT2D eigenvalue weighted by Crippen LogP contribution is -2.40. The molecule has 4 N–H and O–H groups in total. The zero-order valence-corrected chi connectivity index (χ0v) is 16.3. The van der Waals surface area contributed by atoms with Crippen LogP contribution >= 0.6 is 0 Å². The zero-order valence-electron chi connectivity index (χ0n) is 16.3. The molecular formula is C19H36O6. The molecule has 9 atom stereocenters. The predicted molar refractivity (Wildman–Crippen MR) is 95.8 cm³/mol. The summed E-state index contributed by atoms with van der Waals surface area (Å²) in [4.78, 5) is 23.3. The van der Waals surface area contributed by atoms with E-state index < -0.39 is 36.1 Å². The first-order valence-electron chi connectivity index (χ1n) is 9.13. The van der Waals surface area contributed by atoms with Gasteiger partial charge in [-0.15, -0.1) is 0 Å². The van der Waals surface area contributed by atoms with Gasteiger partial charge in [-0.05, 0) is 12.3 Å². The second-order valence-electron chi connectivity index (χ2n) is 7.79. The van der Waals surface area contributed by atoms with Gasteiger partial charge in [-0.25, -0.2) is 0 Å². The standard InChI is InChI=1S/C19H36O6/c1-10(16(22)14(5)18(24)12(3)8-20)7-11(2)17(23)15(6)19(25)13(4)9-21/h8,10-16,18-19,21-22,24-25H,7,9H2,1-6H3/t10-,11+,12-,13-,14+,15-,16-,18+,19-/m0/s1. The minimum Gasteiger partial charge on any atom is -0.396 e. The third kappa shape index (κ3) is 6.77. The van der Waals surface area contributed by atoms with E-state index in [1.54, 1.807) is 41.5 Å². The summed E-state index contributed by atoms with van der Waals surface area (Å²) in [7, 11) is 0. The molecule has 6 nitrogen and oxygen atoms in total. The van der Waals surface area contributed by atoms with E-state index >= 15 is 0 Å². The van der Waals surface area contributed by atoms with Crippen LogP contribution in [0.3, 0.4) is 0 Å². The molecule has 0 fully saturated rings. The second kappa shape index (κ2) is 11.0. The minimum atomic E-state index is -0.938. The van der Waals surface area contributed by atoms with Gasteiger partial charge in [-0.2, -0.15) is 0 Å². The van der Waals surface area contributed by atoms with E-state index in [0.29, 0.717) is 12.7 Å². The van der Waals surface area contributed by atoms with Crippen molar-refractivity contribution in [2.75, 3.05) is 6.61 Å². The smallest absolute Gasteiger partial charge is 0.141 e. The summed E-state index contributed by atoms with van der Waals surface area (Å²) in [5, 5.41) is 39.7. The van der Waals surface area contributed by atoms with E-state index in [1.807, 2.05) is 0 Å². The van der Waals surface area contributed by atoms with Crippen molar-refractivity contribution in [2.45, 2.75) is 66.3 Å². The highest BCUT2D eigenvalue weighted by atomic mass is 16.3. The molecule has 25 heavy (non-hydrogen) atoms. The van der Waals surface area contributed by atoms with Crippen molar-refractivity contribution >= 4 is 12.1 Å². The number of rotatable bonds is 12. The Hall–Kier alpha value is -0.820.